The normalized spacial score (nSPS) is 12.5. The molecule has 0 radical (unpaired) electrons. The largest absolute Gasteiger partial charge is 0.544 e. The molecule has 23 heavy (non-hydrogen) atoms. The van der Waals surface area contributed by atoms with E-state index in [9.17, 15) is 9.90 Å². The molecule has 122 valence electrons. The number of carbonyl (C=O) groups is 1. The highest BCUT2D eigenvalue weighted by molar-refractivity contribution is 5.69. The third-order valence-corrected chi connectivity index (χ3v) is 4.03. The van der Waals surface area contributed by atoms with Crippen molar-refractivity contribution in [1.82, 2.24) is 0 Å². The zero-order chi connectivity index (χ0) is 16.7. The molecule has 0 aliphatic carbocycles. The van der Waals surface area contributed by atoms with Gasteiger partial charge in [-0.3, -0.25) is 0 Å². The third kappa shape index (κ3) is 5.53. The Balaban J connectivity index is 2.23. The summed E-state index contributed by atoms with van der Waals surface area (Å²) in [4.78, 5) is 12.7. The molecule has 3 heteroatoms. The van der Waals surface area contributed by atoms with E-state index in [1.807, 2.05) is 60.7 Å². The first-order chi connectivity index (χ1) is 11.1. The average molecular weight is 311 g/mol. The second-order valence-corrected chi connectivity index (χ2v) is 6.48. The molecule has 3 nitrogen and oxygen atoms in total. The Hall–Kier alpha value is -2.13. The number of aliphatic carboxylic acids is 1. The molecule has 0 aromatic heterocycles. The fourth-order valence-electron chi connectivity index (χ4n) is 2.93. The van der Waals surface area contributed by atoms with Gasteiger partial charge in [-0.2, -0.15) is 0 Å². The summed E-state index contributed by atoms with van der Waals surface area (Å²) in [5, 5.41) is 11.7. The van der Waals surface area contributed by atoms with Crippen molar-refractivity contribution in [3.63, 3.8) is 0 Å². The Morgan fingerprint density at radius 1 is 0.913 bits per heavy atom. The SMILES string of the molecule is CC(C)C[C@H](C(=O)[O-])[NH+](Cc1ccccc1)Cc1ccccc1. The quantitative estimate of drug-likeness (QED) is 0.802. The van der Waals surface area contributed by atoms with Crippen molar-refractivity contribution in [3.8, 4) is 0 Å². The number of carbonyl (C=O) groups excluding carboxylic acids is 1. The van der Waals surface area contributed by atoms with E-state index in [1.165, 1.54) is 0 Å². The van der Waals surface area contributed by atoms with Crippen molar-refractivity contribution in [2.24, 2.45) is 5.92 Å². The van der Waals surface area contributed by atoms with Crippen LogP contribution in [0.2, 0.25) is 0 Å². The monoisotopic (exact) mass is 311 g/mol. The number of hydrogen-bond donors (Lipinski definition) is 1. The van der Waals surface area contributed by atoms with Gasteiger partial charge in [0.2, 0.25) is 0 Å². The zero-order valence-electron chi connectivity index (χ0n) is 13.9. The minimum absolute atomic E-state index is 0.319. The van der Waals surface area contributed by atoms with Gasteiger partial charge >= 0.3 is 0 Å². The predicted molar refractivity (Wildman–Crippen MR) is 89.5 cm³/mol. The smallest absolute Gasteiger partial charge is 0.128 e. The van der Waals surface area contributed by atoms with Gasteiger partial charge in [-0.15, -0.1) is 0 Å². The van der Waals surface area contributed by atoms with E-state index in [0.717, 1.165) is 16.0 Å². The lowest BCUT2D eigenvalue weighted by Crippen LogP contribution is -3.15. The molecule has 0 heterocycles. The van der Waals surface area contributed by atoms with Crippen molar-refractivity contribution >= 4 is 5.97 Å². The Bertz CT molecular complexity index is 554. The first-order valence-corrected chi connectivity index (χ1v) is 8.19. The van der Waals surface area contributed by atoms with Crippen LogP contribution in [0.5, 0.6) is 0 Å². The van der Waals surface area contributed by atoms with Crippen LogP contribution in [0.25, 0.3) is 0 Å². The molecule has 0 aliphatic heterocycles. The fourth-order valence-corrected chi connectivity index (χ4v) is 2.93. The van der Waals surface area contributed by atoms with Gasteiger partial charge in [0.1, 0.15) is 19.1 Å². The number of carboxylic acid groups (broad SMARTS) is 1. The Morgan fingerprint density at radius 3 is 1.70 bits per heavy atom. The zero-order valence-corrected chi connectivity index (χ0v) is 13.9. The molecule has 2 aromatic rings. The summed E-state index contributed by atoms with van der Waals surface area (Å²) in [7, 11) is 0. The van der Waals surface area contributed by atoms with Crippen LogP contribution in [0.3, 0.4) is 0 Å². The van der Waals surface area contributed by atoms with E-state index in [1.54, 1.807) is 0 Å². The number of quaternary nitrogens is 1. The maximum atomic E-state index is 11.7. The van der Waals surface area contributed by atoms with Gasteiger partial charge in [0.15, 0.2) is 0 Å². The van der Waals surface area contributed by atoms with Gasteiger partial charge < -0.3 is 14.8 Å². The van der Waals surface area contributed by atoms with Crippen molar-refractivity contribution in [2.75, 3.05) is 0 Å². The number of benzene rings is 2. The lowest BCUT2D eigenvalue weighted by molar-refractivity contribution is -0.946. The molecule has 1 atom stereocenters. The summed E-state index contributed by atoms with van der Waals surface area (Å²) in [6.45, 7) is 5.47. The highest BCUT2D eigenvalue weighted by Crippen LogP contribution is 2.05. The highest BCUT2D eigenvalue weighted by Gasteiger charge is 2.25. The second kappa shape index (κ2) is 8.49. The van der Waals surface area contributed by atoms with E-state index in [-0.39, 0.29) is 0 Å². The molecule has 0 unspecified atom stereocenters. The van der Waals surface area contributed by atoms with E-state index >= 15 is 0 Å². The molecule has 0 saturated heterocycles. The topological polar surface area (TPSA) is 44.6 Å². The molecule has 2 rings (SSSR count). The molecule has 0 spiro atoms. The van der Waals surface area contributed by atoms with Gasteiger partial charge in [-0.1, -0.05) is 74.5 Å². The molecule has 1 N–H and O–H groups in total. The van der Waals surface area contributed by atoms with Crippen LogP contribution in [0.4, 0.5) is 0 Å². The van der Waals surface area contributed by atoms with E-state index < -0.39 is 12.0 Å². The molecule has 0 amide bonds. The van der Waals surface area contributed by atoms with Crippen molar-refractivity contribution in [1.29, 1.82) is 0 Å². The Labute approximate surface area is 138 Å². The first-order valence-electron chi connectivity index (χ1n) is 8.19. The number of rotatable bonds is 8. The van der Waals surface area contributed by atoms with Gasteiger partial charge in [-0.25, -0.2) is 0 Å². The van der Waals surface area contributed by atoms with E-state index in [4.69, 9.17) is 0 Å². The van der Waals surface area contributed by atoms with Crippen molar-refractivity contribution in [2.45, 2.75) is 39.4 Å². The minimum atomic E-state index is -0.958. The minimum Gasteiger partial charge on any atom is -0.544 e. The van der Waals surface area contributed by atoms with Crippen LogP contribution in [0.15, 0.2) is 60.7 Å². The summed E-state index contributed by atoms with van der Waals surface area (Å²) < 4.78 is 0. The molecular weight excluding hydrogens is 286 g/mol. The van der Waals surface area contributed by atoms with Crippen LogP contribution in [-0.4, -0.2) is 12.0 Å². The maximum Gasteiger partial charge on any atom is 0.128 e. The van der Waals surface area contributed by atoms with Crippen molar-refractivity contribution in [3.05, 3.63) is 71.8 Å². The van der Waals surface area contributed by atoms with Crippen LogP contribution in [-0.2, 0) is 17.9 Å². The highest BCUT2D eigenvalue weighted by atomic mass is 16.4. The number of nitrogens with one attached hydrogen (secondary N) is 1. The Kier molecular flexibility index (Phi) is 6.36. The fraction of sp³-hybridized carbons (Fsp3) is 0.350. The van der Waals surface area contributed by atoms with E-state index in [0.29, 0.717) is 25.4 Å². The molecule has 2 aromatic carbocycles. The standard InChI is InChI=1S/C20H25NO2/c1-16(2)13-19(20(22)23)21(14-17-9-5-3-6-10-17)15-18-11-7-4-8-12-18/h3-12,16,19H,13-15H2,1-2H3,(H,22,23)/t19-/m1/s1. The lowest BCUT2D eigenvalue weighted by atomic mass is 10.0. The lowest BCUT2D eigenvalue weighted by Gasteiger charge is -2.30. The summed E-state index contributed by atoms with van der Waals surface area (Å²) in [6.07, 6.45) is 0.622. The van der Waals surface area contributed by atoms with Gasteiger partial charge in [0, 0.05) is 17.5 Å². The second-order valence-electron chi connectivity index (χ2n) is 6.48. The average Bonchev–Trinajstić information content (AvgIpc) is 2.53. The van der Waals surface area contributed by atoms with Crippen LogP contribution in [0, 0.1) is 5.92 Å². The summed E-state index contributed by atoms with van der Waals surface area (Å²) in [5.74, 6) is -0.639. The molecule has 0 aliphatic rings. The number of carboxylic acids is 1. The van der Waals surface area contributed by atoms with Gasteiger partial charge in [0.25, 0.3) is 0 Å². The van der Waals surface area contributed by atoms with Crippen LogP contribution < -0.4 is 10.0 Å². The van der Waals surface area contributed by atoms with Gasteiger partial charge in [-0.05, 0) is 5.92 Å². The predicted octanol–water partition coefficient (Wildman–Crippen LogP) is 1.44. The Morgan fingerprint density at radius 2 is 1.35 bits per heavy atom. The molecule has 0 bridgehead atoms. The van der Waals surface area contributed by atoms with Gasteiger partial charge in [0.05, 0.1) is 5.97 Å². The summed E-state index contributed by atoms with van der Waals surface area (Å²) in [5.41, 5.74) is 2.29. The van der Waals surface area contributed by atoms with Crippen LogP contribution >= 0.6 is 0 Å². The van der Waals surface area contributed by atoms with E-state index in [2.05, 4.69) is 13.8 Å². The number of hydrogen-bond acceptors (Lipinski definition) is 2. The first kappa shape index (κ1) is 17.2. The van der Waals surface area contributed by atoms with Crippen molar-refractivity contribution < 1.29 is 14.8 Å². The third-order valence-electron chi connectivity index (χ3n) is 4.03. The molecule has 0 saturated carbocycles. The van der Waals surface area contributed by atoms with Crippen LogP contribution in [0.1, 0.15) is 31.4 Å². The maximum absolute atomic E-state index is 11.7. The summed E-state index contributed by atoms with van der Waals surface area (Å²) in [6, 6.07) is 19.6. The molecular formula is C20H25NO2. The summed E-state index contributed by atoms with van der Waals surface area (Å²) >= 11 is 0. The molecule has 0 fully saturated rings.